The second-order valence-electron chi connectivity index (χ2n) is 4.20. The van der Waals surface area contributed by atoms with Crippen molar-refractivity contribution in [2.75, 3.05) is 0 Å². The highest BCUT2D eigenvalue weighted by molar-refractivity contribution is 5.87. The predicted octanol–water partition coefficient (Wildman–Crippen LogP) is 1.64. The summed E-state index contributed by atoms with van der Waals surface area (Å²) in [5.41, 5.74) is -1.45. The fraction of sp³-hybridized carbons (Fsp3) is 0.0769. The van der Waals surface area contributed by atoms with Gasteiger partial charge in [0.15, 0.2) is 0 Å². The molecule has 0 unspecified atom stereocenters. The number of nitrogens with zero attached hydrogens (tertiary/aromatic N) is 2. The third-order valence-electron chi connectivity index (χ3n) is 2.83. The van der Waals surface area contributed by atoms with Crippen molar-refractivity contribution in [3.63, 3.8) is 0 Å². The molecule has 108 valence electrons. The van der Waals surface area contributed by atoms with E-state index in [1.54, 1.807) is 0 Å². The third-order valence-corrected chi connectivity index (χ3v) is 2.83. The minimum atomic E-state index is -1.23. The van der Waals surface area contributed by atoms with Crippen LogP contribution in [0.4, 0.5) is 10.1 Å². The first-order valence-corrected chi connectivity index (χ1v) is 5.75. The summed E-state index contributed by atoms with van der Waals surface area (Å²) in [6.07, 6.45) is 1.06. The number of hydrogen-bond donors (Lipinski definition) is 1. The molecule has 0 saturated heterocycles. The van der Waals surface area contributed by atoms with E-state index in [-0.39, 0.29) is 17.7 Å². The van der Waals surface area contributed by atoms with Crippen LogP contribution in [-0.2, 0) is 6.54 Å². The number of nitro groups is 1. The summed E-state index contributed by atoms with van der Waals surface area (Å²) in [6, 6.07) is 5.77. The molecule has 1 aromatic heterocycles. The predicted molar refractivity (Wildman–Crippen MR) is 69.8 cm³/mol. The summed E-state index contributed by atoms with van der Waals surface area (Å²) in [4.78, 5) is 32.3. The molecule has 0 amide bonds. The molecule has 0 bridgehead atoms. The zero-order valence-electron chi connectivity index (χ0n) is 10.5. The van der Waals surface area contributed by atoms with E-state index in [1.807, 2.05) is 0 Å². The van der Waals surface area contributed by atoms with Gasteiger partial charge in [-0.15, -0.1) is 0 Å². The molecule has 0 aliphatic carbocycles. The zero-order chi connectivity index (χ0) is 15.6. The molecule has 0 aliphatic rings. The summed E-state index contributed by atoms with van der Waals surface area (Å²) in [5.74, 6) is -2.28. The van der Waals surface area contributed by atoms with E-state index in [0.717, 1.165) is 29.0 Å². The molecule has 0 aliphatic heterocycles. The third kappa shape index (κ3) is 2.94. The Labute approximate surface area is 117 Å². The molecule has 2 rings (SSSR count). The molecule has 1 aromatic carbocycles. The topological polar surface area (TPSA) is 102 Å². The number of aromatic nitrogens is 1. The van der Waals surface area contributed by atoms with Gasteiger partial charge in [-0.1, -0.05) is 12.1 Å². The highest BCUT2D eigenvalue weighted by Gasteiger charge is 2.17. The monoisotopic (exact) mass is 292 g/mol. The van der Waals surface area contributed by atoms with Crippen LogP contribution in [0, 0.1) is 15.9 Å². The molecule has 0 fully saturated rings. The maximum Gasteiger partial charge on any atom is 0.337 e. The van der Waals surface area contributed by atoms with Gasteiger partial charge in [0.2, 0.25) is 5.82 Å². The Bertz CT molecular complexity index is 784. The number of aromatic carboxylic acids is 1. The molecule has 1 N–H and O–H groups in total. The molecule has 1 heterocycles. The standard InChI is InChI=1S/C13H9FN2O5/c14-12-8(2-1-3-10(12)16(20)21)6-15-7-9(13(18)19)4-5-11(15)17/h1-5,7H,6H2,(H,18,19). The lowest BCUT2D eigenvalue weighted by Crippen LogP contribution is -2.21. The van der Waals surface area contributed by atoms with Gasteiger partial charge in [0.1, 0.15) is 0 Å². The van der Waals surface area contributed by atoms with Gasteiger partial charge in [-0.25, -0.2) is 4.79 Å². The van der Waals surface area contributed by atoms with E-state index in [1.165, 1.54) is 12.1 Å². The van der Waals surface area contributed by atoms with Crippen molar-refractivity contribution in [2.45, 2.75) is 6.54 Å². The molecule has 21 heavy (non-hydrogen) atoms. The number of nitro benzene ring substituents is 1. The van der Waals surface area contributed by atoms with Crippen molar-refractivity contribution < 1.29 is 19.2 Å². The van der Waals surface area contributed by atoms with Gasteiger partial charge < -0.3 is 9.67 Å². The van der Waals surface area contributed by atoms with Crippen molar-refractivity contribution in [2.24, 2.45) is 0 Å². The second-order valence-corrected chi connectivity index (χ2v) is 4.20. The first-order valence-electron chi connectivity index (χ1n) is 5.75. The van der Waals surface area contributed by atoms with Gasteiger partial charge in [-0.05, 0) is 6.07 Å². The molecule has 0 saturated carbocycles. The summed E-state index contributed by atoms with van der Waals surface area (Å²) in [5, 5.41) is 19.5. The minimum Gasteiger partial charge on any atom is -0.478 e. The van der Waals surface area contributed by atoms with Gasteiger partial charge in [-0.3, -0.25) is 14.9 Å². The molecular formula is C13H9FN2O5. The lowest BCUT2D eigenvalue weighted by atomic mass is 10.1. The number of carboxylic acid groups (broad SMARTS) is 1. The fourth-order valence-electron chi connectivity index (χ4n) is 1.79. The number of rotatable bonds is 4. The molecule has 7 nitrogen and oxygen atoms in total. The van der Waals surface area contributed by atoms with Gasteiger partial charge >= 0.3 is 11.7 Å². The van der Waals surface area contributed by atoms with Crippen LogP contribution in [0.15, 0.2) is 41.3 Å². The van der Waals surface area contributed by atoms with Crippen molar-refractivity contribution in [3.05, 3.63) is 73.9 Å². The Morgan fingerprint density at radius 1 is 1.33 bits per heavy atom. The summed E-state index contributed by atoms with van der Waals surface area (Å²) < 4.78 is 14.9. The molecule has 0 radical (unpaired) electrons. The average Bonchev–Trinajstić information content (AvgIpc) is 2.42. The van der Waals surface area contributed by atoms with E-state index < -0.39 is 28.0 Å². The molecule has 0 spiro atoms. The highest BCUT2D eigenvalue weighted by atomic mass is 19.1. The Hall–Kier alpha value is -3.03. The number of carbonyl (C=O) groups is 1. The van der Waals surface area contributed by atoms with Crippen molar-refractivity contribution in [1.29, 1.82) is 0 Å². The minimum absolute atomic E-state index is 0.0751. The lowest BCUT2D eigenvalue weighted by Gasteiger charge is -2.07. The SMILES string of the molecule is O=C(O)c1ccc(=O)n(Cc2cccc([N+](=O)[O-])c2F)c1. The number of benzene rings is 1. The largest absolute Gasteiger partial charge is 0.478 e. The first kappa shape index (κ1) is 14.4. The second kappa shape index (κ2) is 5.53. The van der Waals surface area contributed by atoms with Crippen molar-refractivity contribution >= 4 is 11.7 Å². The van der Waals surface area contributed by atoms with E-state index in [4.69, 9.17) is 5.11 Å². The van der Waals surface area contributed by atoms with E-state index >= 15 is 0 Å². The maximum atomic E-state index is 13.9. The number of carboxylic acids is 1. The fourth-order valence-corrected chi connectivity index (χ4v) is 1.79. The van der Waals surface area contributed by atoms with E-state index in [0.29, 0.717) is 0 Å². The summed E-state index contributed by atoms with van der Waals surface area (Å²) in [6.45, 7) is -0.298. The quantitative estimate of drug-likeness (QED) is 0.681. The Balaban J connectivity index is 2.46. The van der Waals surface area contributed by atoms with Gasteiger partial charge in [0.25, 0.3) is 5.56 Å². The molecular weight excluding hydrogens is 283 g/mol. The number of pyridine rings is 1. The number of hydrogen-bond acceptors (Lipinski definition) is 4. The summed E-state index contributed by atoms with van der Waals surface area (Å²) in [7, 11) is 0. The van der Waals surface area contributed by atoms with Gasteiger partial charge in [0, 0.05) is 23.9 Å². The van der Waals surface area contributed by atoms with E-state index in [9.17, 15) is 24.1 Å². The molecule has 8 heteroatoms. The van der Waals surface area contributed by atoms with Crippen LogP contribution in [0.3, 0.4) is 0 Å². The van der Waals surface area contributed by atoms with Crippen LogP contribution in [0.25, 0.3) is 0 Å². The highest BCUT2D eigenvalue weighted by Crippen LogP contribution is 2.20. The average molecular weight is 292 g/mol. The molecule has 0 atom stereocenters. The zero-order valence-corrected chi connectivity index (χ0v) is 10.5. The first-order chi connectivity index (χ1) is 9.90. The van der Waals surface area contributed by atoms with Crippen LogP contribution >= 0.6 is 0 Å². The summed E-state index contributed by atoms with van der Waals surface area (Å²) >= 11 is 0. The van der Waals surface area contributed by atoms with Crippen LogP contribution in [0.2, 0.25) is 0 Å². The number of halogens is 1. The smallest absolute Gasteiger partial charge is 0.337 e. The van der Waals surface area contributed by atoms with Crippen LogP contribution < -0.4 is 5.56 Å². The Morgan fingerprint density at radius 3 is 2.67 bits per heavy atom. The lowest BCUT2D eigenvalue weighted by molar-refractivity contribution is -0.387. The van der Waals surface area contributed by atoms with Crippen LogP contribution in [0.5, 0.6) is 0 Å². The molecule has 2 aromatic rings. The van der Waals surface area contributed by atoms with Crippen LogP contribution in [-0.4, -0.2) is 20.6 Å². The maximum absolute atomic E-state index is 13.9. The van der Waals surface area contributed by atoms with Crippen molar-refractivity contribution in [3.8, 4) is 0 Å². The van der Waals surface area contributed by atoms with Gasteiger partial charge in [-0.2, -0.15) is 4.39 Å². The van der Waals surface area contributed by atoms with Crippen molar-refractivity contribution in [1.82, 2.24) is 4.57 Å². The Morgan fingerprint density at radius 2 is 2.05 bits per heavy atom. The van der Waals surface area contributed by atoms with E-state index in [2.05, 4.69) is 0 Å². The Kier molecular flexibility index (Phi) is 3.79. The normalized spacial score (nSPS) is 10.3. The van der Waals surface area contributed by atoms with Crippen LogP contribution in [0.1, 0.15) is 15.9 Å². The van der Waals surface area contributed by atoms with Gasteiger partial charge in [0.05, 0.1) is 17.0 Å².